The van der Waals surface area contributed by atoms with E-state index in [0.29, 0.717) is 0 Å². The quantitative estimate of drug-likeness (QED) is 0.836. The van der Waals surface area contributed by atoms with Crippen LogP contribution in [0, 0.1) is 27.7 Å². The predicted molar refractivity (Wildman–Crippen MR) is 83.2 cm³/mol. The van der Waals surface area contributed by atoms with Gasteiger partial charge in [-0.05, 0) is 39.8 Å². The van der Waals surface area contributed by atoms with Crippen LogP contribution < -0.4 is 0 Å². The number of aryl methyl sites for hydroxylation is 4. The summed E-state index contributed by atoms with van der Waals surface area (Å²) in [5, 5.41) is 0. The summed E-state index contributed by atoms with van der Waals surface area (Å²) in [5.74, 6) is 0. The molecule has 0 aliphatic rings. The summed E-state index contributed by atoms with van der Waals surface area (Å²) < 4.78 is 0. The van der Waals surface area contributed by atoms with Crippen molar-refractivity contribution in [2.24, 2.45) is 0 Å². The van der Waals surface area contributed by atoms with Crippen molar-refractivity contribution in [1.82, 2.24) is 19.9 Å². The van der Waals surface area contributed by atoms with Gasteiger partial charge in [-0.15, -0.1) is 0 Å². The molecule has 0 aromatic carbocycles. The van der Waals surface area contributed by atoms with E-state index in [1.807, 2.05) is 27.7 Å². The summed E-state index contributed by atoms with van der Waals surface area (Å²) in [6.45, 7) is 14.9. The van der Waals surface area contributed by atoms with Crippen LogP contribution >= 0.6 is 0 Å². The van der Waals surface area contributed by atoms with Gasteiger partial charge < -0.3 is 0 Å². The summed E-state index contributed by atoms with van der Waals surface area (Å²) in [4.78, 5) is 16.7. The van der Waals surface area contributed by atoms with Crippen molar-refractivity contribution in [2.45, 2.75) is 27.7 Å². The molecule has 4 heteroatoms. The van der Waals surface area contributed by atoms with Crippen molar-refractivity contribution in [3.8, 4) is 0 Å². The number of hydrogen-bond acceptors (Lipinski definition) is 4. The molecule has 104 valence electrons. The Balaban J connectivity index is 0.000000200. The average Bonchev–Trinajstić information content (AvgIpc) is 2.40. The van der Waals surface area contributed by atoms with Crippen LogP contribution in [0.4, 0.5) is 0 Å². The number of rotatable bonds is 2. The van der Waals surface area contributed by atoms with E-state index in [1.54, 1.807) is 24.5 Å². The van der Waals surface area contributed by atoms with Crippen LogP contribution in [0.5, 0.6) is 0 Å². The highest BCUT2D eigenvalue weighted by Gasteiger charge is 1.95. The highest BCUT2D eigenvalue weighted by molar-refractivity contribution is 5.44. The summed E-state index contributed by atoms with van der Waals surface area (Å²) in [5.41, 5.74) is 5.51. The minimum Gasteiger partial charge on any atom is -0.255 e. The molecule has 0 radical (unpaired) electrons. The second-order valence-corrected chi connectivity index (χ2v) is 4.37. The molecule has 0 fully saturated rings. The zero-order valence-electron chi connectivity index (χ0n) is 12.5. The van der Waals surface area contributed by atoms with Gasteiger partial charge in [-0.25, -0.2) is 0 Å². The van der Waals surface area contributed by atoms with Gasteiger partial charge in [-0.1, -0.05) is 13.2 Å². The van der Waals surface area contributed by atoms with Gasteiger partial charge in [0, 0.05) is 12.4 Å². The van der Waals surface area contributed by atoms with E-state index in [4.69, 9.17) is 0 Å². The molecule has 0 N–H and O–H groups in total. The Bertz CT molecular complexity index is 562. The predicted octanol–water partition coefficient (Wildman–Crippen LogP) is 3.47. The van der Waals surface area contributed by atoms with Crippen molar-refractivity contribution >= 4 is 12.2 Å². The summed E-state index contributed by atoms with van der Waals surface area (Å²) in [6, 6.07) is 0. The largest absolute Gasteiger partial charge is 0.255 e. The van der Waals surface area contributed by atoms with Crippen molar-refractivity contribution < 1.29 is 0 Å². The molecule has 0 saturated heterocycles. The first-order valence-electron chi connectivity index (χ1n) is 6.33. The maximum Gasteiger partial charge on any atom is 0.0836 e. The first kappa shape index (κ1) is 15.7. The zero-order chi connectivity index (χ0) is 15.1. The van der Waals surface area contributed by atoms with Gasteiger partial charge in [0.05, 0.1) is 34.2 Å². The fourth-order valence-electron chi connectivity index (χ4n) is 1.61. The molecule has 0 unspecified atom stereocenters. The lowest BCUT2D eigenvalue weighted by Crippen LogP contribution is -1.92. The fraction of sp³-hybridized carbons (Fsp3) is 0.250. The molecular weight excluding hydrogens is 248 g/mol. The summed E-state index contributed by atoms with van der Waals surface area (Å²) in [7, 11) is 0. The summed E-state index contributed by atoms with van der Waals surface area (Å²) >= 11 is 0. The van der Waals surface area contributed by atoms with E-state index in [2.05, 4.69) is 33.1 Å². The fourth-order valence-corrected chi connectivity index (χ4v) is 1.61. The monoisotopic (exact) mass is 268 g/mol. The number of nitrogens with zero attached hydrogens (tertiary/aromatic N) is 4. The van der Waals surface area contributed by atoms with Gasteiger partial charge >= 0.3 is 0 Å². The molecule has 20 heavy (non-hydrogen) atoms. The van der Waals surface area contributed by atoms with E-state index in [0.717, 1.165) is 34.2 Å². The average molecular weight is 268 g/mol. The van der Waals surface area contributed by atoms with Gasteiger partial charge in [0.25, 0.3) is 0 Å². The maximum atomic E-state index is 4.21. The van der Waals surface area contributed by atoms with Gasteiger partial charge in [0.1, 0.15) is 0 Å². The molecule has 0 atom stereocenters. The first-order valence-corrected chi connectivity index (χ1v) is 6.33. The Hall–Kier alpha value is -2.36. The maximum absolute atomic E-state index is 4.21. The Morgan fingerprint density at radius 3 is 1.35 bits per heavy atom. The van der Waals surface area contributed by atoms with Crippen molar-refractivity contribution in [1.29, 1.82) is 0 Å². The van der Waals surface area contributed by atoms with Crippen LogP contribution in [-0.4, -0.2) is 19.9 Å². The zero-order valence-corrected chi connectivity index (χ0v) is 12.5. The molecule has 2 aromatic heterocycles. The van der Waals surface area contributed by atoms with E-state index in [1.165, 1.54) is 0 Å². The smallest absolute Gasteiger partial charge is 0.0836 e. The van der Waals surface area contributed by atoms with Crippen LogP contribution in [0.3, 0.4) is 0 Å². The second kappa shape index (κ2) is 7.28. The van der Waals surface area contributed by atoms with E-state index in [-0.39, 0.29) is 0 Å². The molecule has 0 spiro atoms. The Kier molecular flexibility index (Phi) is 5.72. The van der Waals surface area contributed by atoms with E-state index >= 15 is 0 Å². The first-order chi connectivity index (χ1) is 9.47. The molecule has 0 aliphatic heterocycles. The normalized spacial score (nSPS) is 9.40. The Morgan fingerprint density at radius 1 is 0.750 bits per heavy atom. The van der Waals surface area contributed by atoms with Crippen LogP contribution in [-0.2, 0) is 0 Å². The Morgan fingerprint density at radius 2 is 1.10 bits per heavy atom. The molecular formula is C16H20N4. The molecule has 2 rings (SSSR count). The molecule has 0 amide bonds. The third-order valence-corrected chi connectivity index (χ3v) is 2.60. The summed E-state index contributed by atoms with van der Waals surface area (Å²) in [6.07, 6.45) is 6.90. The third-order valence-electron chi connectivity index (χ3n) is 2.60. The number of hydrogen-bond donors (Lipinski definition) is 0. The van der Waals surface area contributed by atoms with Crippen LogP contribution in [0.2, 0.25) is 0 Å². The molecule has 0 saturated carbocycles. The van der Waals surface area contributed by atoms with Crippen molar-refractivity contribution in [3.63, 3.8) is 0 Å². The highest BCUT2D eigenvalue weighted by Crippen LogP contribution is 2.02. The van der Waals surface area contributed by atoms with Crippen LogP contribution in [0.15, 0.2) is 25.6 Å². The molecule has 2 heterocycles. The van der Waals surface area contributed by atoms with E-state index in [9.17, 15) is 0 Å². The lowest BCUT2D eigenvalue weighted by molar-refractivity contribution is 1.04. The van der Waals surface area contributed by atoms with E-state index < -0.39 is 0 Å². The molecule has 0 bridgehead atoms. The lowest BCUT2D eigenvalue weighted by Gasteiger charge is -1.97. The van der Waals surface area contributed by atoms with Crippen molar-refractivity contribution in [2.75, 3.05) is 0 Å². The number of aromatic nitrogens is 4. The minimum absolute atomic E-state index is 0.866. The van der Waals surface area contributed by atoms with Crippen LogP contribution in [0.1, 0.15) is 34.2 Å². The van der Waals surface area contributed by atoms with Gasteiger partial charge in [-0.3, -0.25) is 19.9 Å². The van der Waals surface area contributed by atoms with Crippen molar-refractivity contribution in [3.05, 3.63) is 59.7 Å². The van der Waals surface area contributed by atoms with Gasteiger partial charge in [0.2, 0.25) is 0 Å². The van der Waals surface area contributed by atoms with Gasteiger partial charge in [-0.2, -0.15) is 0 Å². The molecule has 2 aromatic rings. The topological polar surface area (TPSA) is 51.6 Å². The standard InChI is InChI=1S/2C8H10N2/c2*1-4-8-7(3)10-6(2)5-9-8/h2*4-5H,1H2,2-3H3. The third kappa shape index (κ3) is 4.39. The second-order valence-electron chi connectivity index (χ2n) is 4.37. The van der Waals surface area contributed by atoms with Crippen LogP contribution in [0.25, 0.3) is 12.2 Å². The minimum atomic E-state index is 0.866. The van der Waals surface area contributed by atoms with Gasteiger partial charge in [0.15, 0.2) is 0 Å². The SMILES string of the molecule is C=Cc1ncc(C)nc1C.C=Cc1ncc(C)nc1C. The molecule has 4 nitrogen and oxygen atoms in total. The highest BCUT2D eigenvalue weighted by atomic mass is 14.8. The molecule has 0 aliphatic carbocycles. The Labute approximate surface area is 120 Å². The lowest BCUT2D eigenvalue weighted by atomic mass is 10.3.